The summed E-state index contributed by atoms with van der Waals surface area (Å²) in [6.07, 6.45) is -0.561. The Hall–Kier alpha value is -3.63. The molecule has 2 aromatic heterocycles. The minimum absolute atomic E-state index is 0.102. The molecule has 0 radical (unpaired) electrons. The summed E-state index contributed by atoms with van der Waals surface area (Å²) in [5, 5.41) is 2.51. The Kier molecular flexibility index (Phi) is 6.55. The number of benzene rings is 2. The van der Waals surface area contributed by atoms with Crippen LogP contribution in [0.4, 0.5) is 20.2 Å². The van der Waals surface area contributed by atoms with Gasteiger partial charge in [-0.1, -0.05) is 12.1 Å². The number of thiophene rings is 1. The molecular weight excluding hydrogens is 504 g/mol. The fraction of sp³-hybridized carbons (Fsp3) is 0.192. The average Bonchev–Trinajstić information content (AvgIpc) is 3.52. The molecule has 1 atom stereocenters. The van der Waals surface area contributed by atoms with Crippen LogP contribution >= 0.6 is 22.7 Å². The maximum Gasteiger partial charge on any atom is 0.312 e. The van der Waals surface area contributed by atoms with Gasteiger partial charge >= 0.3 is 5.97 Å². The van der Waals surface area contributed by atoms with Crippen LogP contribution in [0.2, 0.25) is 0 Å². The highest BCUT2D eigenvalue weighted by Gasteiger charge is 2.40. The van der Waals surface area contributed by atoms with E-state index < -0.39 is 23.7 Å². The SMILES string of the molecule is CCOC(=O)Cc1nc(-c2ccc(C3N(C)c4ccc(F)cc4C(=O)N3c3ccccc3F)s2)cs1. The van der Waals surface area contributed by atoms with E-state index in [0.717, 1.165) is 9.75 Å². The maximum atomic E-state index is 14.9. The normalized spacial score (nSPS) is 15.2. The van der Waals surface area contributed by atoms with Crippen molar-refractivity contribution in [2.75, 3.05) is 23.5 Å². The lowest BCUT2D eigenvalue weighted by Gasteiger charge is -2.43. The summed E-state index contributed by atoms with van der Waals surface area (Å²) < 4.78 is 34.0. The van der Waals surface area contributed by atoms with E-state index in [0.29, 0.717) is 23.0 Å². The van der Waals surface area contributed by atoms with Gasteiger partial charge in [0.15, 0.2) is 0 Å². The highest BCUT2D eigenvalue weighted by molar-refractivity contribution is 7.16. The lowest BCUT2D eigenvalue weighted by molar-refractivity contribution is -0.142. The van der Waals surface area contributed by atoms with Gasteiger partial charge in [0.05, 0.1) is 40.5 Å². The van der Waals surface area contributed by atoms with Gasteiger partial charge in [0.2, 0.25) is 0 Å². The summed E-state index contributed by atoms with van der Waals surface area (Å²) >= 11 is 2.79. The minimum Gasteiger partial charge on any atom is -0.466 e. The summed E-state index contributed by atoms with van der Waals surface area (Å²) in [7, 11) is 1.79. The van der Waals surface area contributed by atoms with Gasteiger partial charge in [-0.05, 0) is 49.4 Å². The van der Waals surface area contributed by atoms with Gasteiger partial charge in [-0.25, -0.2) is 13.8 Å². The average molecular weight is 526 g/mol. The Morgan fingerprint density at radius 2 is 1.92 bits per heavy atom. The molecule has 3 heterocycles. The third-order valence-electron chi connectivity index (χ3n) is 5.80. The van der Waals surface area contributed by atoms with Gasteiger partial charge in [0.25, 0.3) is 5.91 Å². The fourth-order valence-electron chi connectivity index (χ4n) is 4.21. The number of anilines is 2. The molecular formula is C26H21F2N3O3S2. The van der Waals surface area contributed by atoms with Gasteiger partial charge in [-0.15, -0.1) is 22.7 Å². The van der Waals surface area contributed by atoms with Gasteiger partial charge in [-0.2, -0.15) is 0 Å². The molecule has 10 heteroatoms. The molecule has 4 aromatic rings. The van der Waals surface area contributed by atoms with Crippen molar-refractivity contribution in [3.8, 4) is 10.6 Å². The number of amides is 1. The Morgan fingerprint density at radius 3 is 2.69 bits per heavy atom. The summed E-state index contributed by atoms with van der Waals surface area (Å²) in [5.74, 6) is -1.91. The number of carbonyl (C=O) groups is 2. The van der Waals surface area contributed by atoms with Gasteiger partial charge in [0, 0.05) is 17.3 Å². The number of thiazole rings is 1. The standard InChI is InChI=1S/C26H21F2N3O3S2/c1-3-34-24(32)13-23-29-18(14-35-23)21-10-11-22(36-21)25-30(2)19-9-8-15(27)12-16(19)26(33)31(25)20-7-5-4-6-17(20)28/h4-12,14,25H,3,13H2,1-2H3. The second-order valence-electron chi connectivity index (χ2n) is 8.08. The van der Waals surface area contributed by atoms with Crippen LogP contribution in [0, 0.1) is 11.6 Å². The lowest BCUT2D eigenvalue weighted by Crippen LogP contribution is -2.48. The van der Waals surface area contributed by atoms with Crippen molar-refractivity contribution in [1.82, 2.24) is 4.98 Å². The molecule has 6 nitrogen and oxygen atoms in total. The summed E-state index contributed by atoms with van der Waals surface area (Å²) in [5.41, 5.74) is 1.53. The van der Waals surface area contributed by atoms with Crippen LogP contribution in [0.25, 0.3) is 10.6 Å². The first-order chi connectivity index (χ1) is 17.4. The van der Waals surface area contributed by atoms with E-state index in [1.807, 2.05) is 22.4 Å². The van der Waals surface area contributed by atoms with Crippen molar-refractivity contribution >= 4 is 45.9 Å². The zero-order valence-corrected chi connectivity index (χ0v) is 21.0. The monoisotopic (exact) mass is 525 g/mol. The number of rotatable bonds is 6. The zero-order valence-electron chi connectivity index (χ0n) is 19.4. The Morgan fingerprint density at radius 1 is 1.11 bits per heavy atom. The molecule has 5 rings (SSSR count). The van der Waals surface area contributed by atoms with Crippen molar-refractivity contribution in [2.45, 2.75) is 19.5 Å². The van der Waals surface area contributed by atoms with E-state index in [4.69, 9.17) is 4.74 Å². The second kappa shape index (κ2) is 9.79. The number of para-hydroxylation sites is 1. The first-order valence-electron chi connectivity index (χ1n) is 11.2. The van der Waals surface area contributed by atoms with Crippen molar-refractivity contribution in [3.05, 3.63) is 87.1 Å². The molecule has 1 aliphatic rings. The van der Waals surface area contributed by atoms with E-state index in [-0.39, 0.29) is 23.6 Å². The third kappa shape index (κ3) is 4.38. The molecule has 1 amide bonds. The second-order valence-corrected chi connectivity index (χ2v) is 10.1. The smallest absolute Gasteiger partial charge is 0.312 e. The topological polar surface area (TPSA) is 62.7 Å². The van der Waals surface area contributed by atoms with Crippen LogP contribution < -0.4 is 9.80 Å². The first kappa shape index (κ1) is 24.1. The predicted octanol–water partition coefficient (Wildman–Crippen LogP) is 6.05. The van der Waals surface area contributed by atoms with Crippen LogP contribution in [0.1, 0.15) is 33.3 Å². The molecule has 184 valence electrons. The number of nitrogens with zero attached hydrogens (tertiary/aromatic N) is 3. The number of fused-ring (bicyclic) bond motifs is 1. The highest BCUT2D eigenvalue weighted by atomic mass is 32.1. The molecule has 0 saturated carbocycles. The summed E-state index contributed by atoms with van der Waals surface area (Å²) in [4.78, 5) is 34.8. The minimum atomic E-state index is -0.663. The number of hydrogen-bond acceptors (Lipinski definition) is 7. The number of hydrogen-bond donors (Lipinski definition) is 0. The Labute approximate surface area is 214 Å². The molecule has 1 aliphatic heterocycles. The number of carbonyl (C=O) groups excluding carboxylic acids is 2. The molecule has 1 unspecified atom stereocenters. The van der Waals surface area contributed by atoms with Gasteiger partial charge < -0.3 is 9.64 Å². The summed E-state index contributed by atoms with van der Waals surface area (Å²) in [6.45, 7) is 2.07. The number of ether oxygens (including phenoxy) is 1. The molecule has 36 heavy (non-hydrogen) atoms. The van der Waals surface area contributed by atoms with E-state index in [1.54, 1.807) is 32.2 Å². The Bertz CT molecular complexity index is 1450. The summed E-state index contributed by atoms with van der Waals surface area (Å²) in [6, 6.07) is 13.9. The highest BCUT2D eigenvalue weighted by Crippen LogP contribution is 2.44. The van der Waals surface area contributed by atoms with Crippen molar-refractivity contribution in [3.63, 3.8) is 0 Å². The maximum absolute atomic E-state index is 14.9. The molecule has 0 spiro atoms. The van der Waals surface area contributed by atoms with Crippen molar-refractivity contribution in [1.29, 1.82) is 0 Å². The molecule has 0 aliphatic carbocycles. The molecule has 0 saturated heterocycles. The molecule has 2 aromatic carbocycles. The van der Waals surface area contributed by atoms with E-state index in [9.17, 15) is 18.4 Å². The van der Waals surface area contributed by atoms with Crippen LogP contribution in [-0.2, 0) is 16.0 Å². The Balaban J connectivity index is 1.54. The van der Waals surface area contributed by atoms with Crippen molar-refractivity contribution in [2.24, 2.45) is 0 Å². The van der Waals surface area contributed by atoms with Gasteiger partial charge in [0.1, 0.15) is 22.8 Å². The lowest BCUT2D eigenvalue weighted by atomic mass is 10.0. The molecule has 0 bridgehead atoms. The molecule has 0 N–H and O–H groups in total. The van der Waals surface area contributed by atoms with Crippen LogP contribution in [0.15, 0.2) is 60.0 Å². The zero-order chi connectivity index (χ0) is 25.4. The quantitative estimate of drug-likeness (QED) is 0.287. The largest absolute Gasteiger partial charge is 0.466 e. The van der Waals surface area contributed by atoms with E-state index in [1.165, 1.54) is 51.8 Å². The van der Waals surface area contributed by atoms with Gasteiger partial charge in [-0.3, -0.25) is 14.5 Å². The number of aromatic nitrogens is 1. The molecule has 0 fully saturated rings. The van der Waals surface area contributed by atoms with Crippen molar-refractivity contribution < 1.29 is 23.1 Å². The first-order valence-corrected chi connectivity index (χ1v) is 12.9. The fourth-order valence-corrected chi connectivity index (χ4v) is 6.17. The van der Waals surface area contributed by atoms with E-state index in [2.05, 4.69) is 4.98 Å². The van der Waals surface area contributed by atoms with Crippen LogP contribution in [-0.4, -0.2) is 30.5 Å². The number of esters is 1. The van der Waals surface area contributed by atoms with E-state index >= 15 is 0 Å². The number of halogens is 2. The van der Waals surface area contributed by atoms with Crippen LogP contribution in [0.5, 0.6) is 0 Å². The third-order valence-corrected chi connectivity index (χ3v) is 7.79. The predicted molar refractivity (Wildman–Crippen MR) is 137 cm³/mol. The van der Waals surface area contributed by atoms with Crippen LogP contribution in [0.3, 0.4) is 0 Å².